The Kier molecular flexibility index (Phi) is 5.37. The Morgan fingerprint density at radius 2 is 1.79 bits per heavy atom. The summed E-state index contributed by atoms with van der Waals surface area (Å²) in [6.07, 6.45) is 0.00888. The number of aliphatic hydroxyl groups excluding tert-OH is 1. The van der Waals surface area contributed by atoms with E-state index in [4.69, 9.17) is 7.85 Å². The van der Waals surface area contributed by atoms with Crippen molar-refractivity contribution in [2.24, 2.45) is 0 Å². The van der Waals surface area contributed by atoms with Crippen LogP contribution in [0.4, 0.5) is 23.0 Å². The quantitative estimate of drug-likeness (QED) is 0.377. The first-order valence-corrected chi connectivity index (χ1v) is 9.76. The molecular weight excluding hydrogens is 389 g/mol. The lowest BCUT2D eigenvalue weighted by Gasteiger charge is -2.17. The molecule has 1 aliphatic rings. The van der Waals surface area contributed by atoms with Gasteiger partial charge in [-0.25, -0.2) is 0 Å². The lowest BCUT2D eigenvalue weighted by molar-refractivity contribution is 0.0762. The van der Waals surface area contributed by atoms with E-state index in [0.717, 1.165) is 11.7 Å². The number of nitrogens with one attached hydrogen (secondary N) is 2. The van der Waals surface area contributed by atoms with Gasteiger partial charge in [-0.1, -0.05) is 29.7 Å². The number of β-amino-alcohol motifs (C(OH)–C–C–N with tert-alkyl or cyclic N) is 1. The molecule has 0 unspecified atom stereocenters. The smallest absolute Gasteiger partial charge is 0.257 e. The molecular formula is C19H18BN5O3S. The maximum Gasteiger partial charge on any atom is 0.257 e. The largest absolute Gasteiger partial charge is 0.505 e. The van der Waals surface area contributed by atoms with Crippen LogP contribution >= 0.6 is 11.7 Å². The van der Waals surface area contributed by atoms with Crippen LogP contribution in [-0.4, -0.2) is 56.8 Å². The molecule has 146 valence electrons. The number of phenolic OH excluding ortho intramolecular Hbond substituents is 1. The molecule has 0 bridgehead atoms. The Bertz CT molecular complexity index is 1040. The van der Waals surface area contributed by atoms with Crippen molar-refractivity contribution in [3.63, 3.8) is 0 Å². The minimum absolute atomic E-state index is 0.161. The van der Waals surface area contributed by atoms with Crippen molar-refractivity contribution in [3.05, 3.63) is 48.0 Å². The fourth-order valence-corrected chi connectivity index (χ4v) is 3.60. The van der Waals surface area contributed by atoms with E-state index in [0.29, 0.717) is 41.4 Å². The van der Waals surface area contributed by atoms with Crippen molar-refractivity contribution < 1.29 is 15.0 Å². The Morgan fingerprint density at radius 1 is 1.10 bits per heavy atom. The predicted octanol–water partition coefficient (Wildman–Crippen LogP) is 1.73. The van der Waals surface area contributed by atoms with Gasteiger partial charge < -0.3 is 25.7 Å². The second kappa shape index (κ2) is 8.10. The number of anilines is 4. The van der Waals surface area contributed by atoms with Gasteiger partial charge in [0.25, 0.3) is 5.91 Å². The van der Waals surface area contributed by atoms with E-state index in [1.165, 1.54) is 4.90 Å². The monoisotopic (exact) mass is 407 g/mol. The van der Waals surface area contributed by atoms with Crippen molar-refractivity contribution >= 4 is 54.0 Å². The van der Waals surface area contributed by atoms with Gasteiger partial charge in [0.05, 0.1) is 29.1 Å². The molecule has 29 heavy (non-hydrogen) atoms. The van der Waals surface area contributed by atoms with Crippen molar-refractivity contribution in [1.29, 1.82) is 0 Å². The summed E-state index contributed by atoms with van der Waals surface area (Å²) in [7, 11) is 5.96. The van der Waals surface area contributed by atoms with Gasteiger partial charge in [0, 0.05) is 18.8 Å². The van der Waals surface area contributed by atoms with Gasteiger partial charge in [-0.15, -0.1) is 0 Å². The van der Waals surface area contributed by atoms with E-state index < -0.39 is 6.10 Å². The first kappa shape index (κ1) is 19.2. The Hall–Kier alpha value is -3.11. The van der Waals surface area contributed by atoms with Crippen molar-refractivity contribution in [3.8, 4) is 5.75 Å². The van der Waals surface area contributed by atoms with Gasteiger partial charge in [0.2, 0.25) is 0 Å². The van der Waals surface area contributed by atoms with E-state index in [9.17, 15) is 15.0 Å². The van der Waals surface area contributed by atoms with Crippen LogP contribution in [0.3, 0.4) is 0 Å². The predicted molar refractivity (Wildman–Crippen MR) is 113 cm³/mol. The summed E-state index contributed by atoms with van der Waals surface area (Å²) in [5.74, 6) is 0.341. The lowest BCUT2D eigenvalue weighted by atomic mass is 9.94. The third-order valence-electron chi connectivity index (χ3n) is 4.67. The zero-order chi connectivity index (χ0) is 20.4. The average molecular weight is 407 g/mol. The topological polar surface area (TPSA) is 111 Å². The standard InChI is InChI=1S/C19H18BN5O3S/c20-13-5-1-2-6-14(13)21-17-18(24-29-23-17)22-15-7-3-4-12(16(15)27)19(28)25-9-8-11(26)10-25/h1-7,11,26-27H,8-10H2,(H,21,23)(H,22,24)/t11-/m1/s1. The summed E-state index contributed by atoms with van der Waals surface area (Å²) in [5.41, 5.74) is 1.74. The lowest BCUT2D eigenvalue weighted by Crippen LogP contribution is -2.29. The average Bonchev–Trinajstić information content (AvgIpc) is 3.34. The SMILES string of the molecule is [B]c1ccccc1Nc1nsnc1Nc1cccc(C(=O)N2CC[C@@H](O)C2)c1O. The van der Waals surface area contributed by atoms with Gasteiger partial charge in [0.1, 0.15) is 7.85 Å². The molecule has 2 heterocycles. The maximum atomic E-state index is 12.7. The second-order valence-corrected chi connectivity index (χ2v) is 7.22. The number of carbonyl (C=O) groups is 1. The molecule has 1 aliphatic heterocycles. The summed E-state index contributed by atoms with van der Waals surface area (Å²) < 4.78 is 8.44. The number of aromatic nitrogens is 2. The Labute approximate surface area is 172 Å². The Balaban J connectivity index is 1.56. The van der Waals surface area contributed by atoms with Crippen LogP contribution in [0.5, 0.6) is 5.75 Å². The van der Waals surface area contributed by atoms with Crippen molar-refractivity contribution in [1.82, 2.24) is 13.6 Å². The number of hydrogen-bond donors (Lipinski definition) is 4. The van der Waals surface area contributed by atoms with Crippen molar-refractivity contribution in [2.75, 3.05) is 23.7 Å². The van der Waals surface area contributed by atoms with Crippen LogP contribution in [-0.2, 0) is 0 Å². The number of likely N-dealkylation sites (tertiary alicyclic amines) is 1. The molecule has 1 saturated heterocycles. The summed E-state index contributed by atoms with van der Waals surface area (Å²) in [6.45, 7) is 0.720. The number of benzene rings is 2. The van der Waals surface area contributed by atoms with E-state index in [1.807, 2.05) is 18.2 Å². The summed E-state index contributed by atoms with van der Waals surface area (Å²) in [4.78, 5) is 14.2. The number of rotatable bonds is 5. The molecule has 1 fully saturated rings. The normalized spacial score (nSPS) is 16.0. The second-order valence-electron chi connectivity index (χ2n) is 6.69. The van der Waals surface area contributed by atoms with Gasteiger partial charge in [-0.3, -0.25) is 4.79 Å². The molecule has 0 spiro atoms. The number of hydrogen-bond acceptors (Lipinski definition) is 8. The highest BCUT2D eigenvalue weighted by atomic mass is 32.1. The van der Waals surface area contributed by atoms with Crippen LogP contribution in [0.2, 0.25) is 0 Å². The van der Waals surface area contributed by atoms with Crippen LogP contribution < -0.4 is 16.1 Å². The van der Waals surface area contributed by atoms with E-state index in [-0.39, 0.29) is 23.8 Å². The molecule has 1 amide bonds. The van der Waals surface area contributed by atoms with Crippen LogP contribution in [0.25, 0.3) is 0 Å². The molecule has 2 aromatic carbocycles. The zero-order valence-electron chi connectivity index (χ0n) is 15.4. The number of nitrogens with zero attached hydrogens (tertiary/aromatic N) is 3. The minimum Gasteiger partial charge on any atom is -0.505 e. The fraction of sp³-hybridized carbons (Fsp3) is 0.211. The third kappa shape index (κ3) is 4.03. The molecule has 2 radical (unpaired) electrons. The number of aliphatic hydroxyl groups is 1. The number of amides is 1. The highest BCUT2D eigenvalue weighted by molar-refractivity contribution is 6.99. The van der Waals surface area contributed by atoms with Gasteiger partial charge in [-0.05, 0) is 24.6 Å². The molecule has 10 heteroatoms. The highest BCUT2D eigenvalue weighted by Crippen LogP contribution is 2.33. The van der Waals surface area contributed by atoms with Crippen LogP contribution in [0, 0.1) is 0 Å². The van der Waals surface area contributed by atoms with Crippen molar-refractivity contribution in [2.45, 2.75) is 12.5 Å². The fourth-order valence-electron chi connectivity index (χ4n) is 3.13. The van der Waals surface area contributed by atoms with E-state index in [1.54, 1.807) is 24.3 Å². The summed E-state index contributed by atoms with van der Waals surface area (Å²) in [6, 6.07) is 12.1. The van der Waals surface area contributed by atoms with Gasteiger partial charge in [0.15, 0.2) is 17.4 Å². The summed E-state index contributed by atoms with van der Waals surface area (Å²) in [5, 5.41) is 26.4. The molecule has 4 rings (SSSR count). The number of carbonyl (C=O) groups excluding carboxylic acids is 1. The third-order valence-corrected chi connectivity index (χ3v) is 5.20. The van der Waals surface area contributed by atoms with Crippen LogP contribution in [0.1, 0.15) is 16.8 Å². The number of phenols is 1. The number of para-hydroxylation sites is 2. The van der Waals surface area contributed by atoms with E-state index >= 15 is 0 Å². The van der Waals surface area contributed by atoms with E-state index in [2.05, 4.69) is 19.4 Å². The Morgan fingerprint density at radius 3 is 2.48 bits per heavy atom. The first-order valence-electron chi connectivity index (χ1n) is 9.03. The zero-order valence-corrected chi connectivity index (χ0v) is 16.2. The maximum absolute atomic E-state index is 12.7. The molecule has 3 aromatic rings. The first-order chi connectivity index (χ1) is 14.0. The minimum atomic E-state index is -0.525. The molecule has 4 N–H and O–H groups in total. The highest BCUT2D eigenvalue weighted by Gasteiger charge is 2.27. The molecule has 1 atom stereocenters. The van der Waals surface area contributed by atoms with Gasteiger partial charge >= 0.3 is 0 Å². The molecule has 0 saturated carbocycles. The molecule has 8 nitrogen and oxygen atoms in total. The van der Waals surface area contributed by atoms with Gasteiger partial charge in [-0.2, -0.15) is 8.75 Å². The summed E-state index contributed by atoms with van der Waals surface area (Å²) >= 11 is 0.997. The van der Waals surface area contributed by atoms with Crippen LogP contribution in [0.15, 0.2) is 42.5 Å². The molecule has 1 aromatic heterocycles. The molecule has 0 aliphatic carbocycles. The number of aromatic hydroxyl groups is 1.